The number of carbonyl (C=O) groups excluding carboxylic acids is 2. The summed E-state index contributed by atoms with van der Waals surface area (Å²) in [6.07, 6.45) is 2.68. The van der Waals surface area contributed by atoms with Gasteiger partial charge in [0.15, 0.2) is 17.4 Å². The maximum absolute atomic E-state index is 12.2. The Kier molecular flexibility index (Phi) is 7.35. The second kappa shape index (κ2) is 9.72. The van der Waals surface area contributed by atoms with Crippen molar-refractivity contribution in [1.82, 2.24) is 9.88 Å². The monoisotopic (exact) mass is 373 g/mol. The SMILES string of the molecule is C=CCNc1nc(C(=O)OCC(=O)N(C)Cc2ccc(CC)cc2)cs1. The second-order valence-electron chi connectivity index (χ2n) is 5.70. The Morgan fingerprint density at radius 2 is 2.00 bits per heavy atom. The van der Waals surface area contributed by atoms with Crippen molar-refractivity contribution < 1.29 is 14.3 Å². The Balaban J connectivity index is 1.81. The number of rotatable bonds is 9. The maximum Gasteiger partial charge on any atom is 0.358 e. The van der Waals surface area contributed by atoms with Crippen LogP contribution in [0.3, 0.4) is 0 Å². The quantitative estimate of drug-likeness (QED) is 0.540. The Hall–Kier alpha value is -2.67. The highest BCUT2D eigenvalue weighted by Gasteiger charge is 2.16. The second-order valence-corrected chi connectivity index (χ2v) is 6.56. The molecule has 0 saturated carbocycles. The zero-order valence-electron chi connectivity index (χ0n) is 15.0. The summed E-state index contributed by atoms with van der Waals surface area (Å²) in [6.45, 7) is 6.41. The van der Waals surface area contributed by atoms with Crippen LogP contribution in [0.25, 0.3) is 0 Å². The number of nitrogens with zero attached hydrogens (tertiary/aromatic N) is 2. The number of ether oxygens (including phenoxy) is 1. The molecule has 1 aromatic carbocycles. The zero-order chi connectivity index (χ0) is 18.9. The highest BCUT2D eigenvalue weighted by Crippen LogP contribution is 2.16. The number of esters is 1. The van der Waals surface area contributed by atoms with Crippen LogP contribution < -0.4 is 5.32 Å². The van der Waals surface area contributed by atoms with Crippen molar-refractivity contribution in [2.45, 2.75) is 19.9 Å². The van der Waals surface area contributed by atoms with Crippen LogP contribution in [0.2, 0.25) is 0 Å². The predicted molar refractivity (Wildman–Crippen MR) is 103 cm³/mol. The number of anilines is 1. The van der Waals surface area contributed by atoms with E-state index in [0.29, 0.717) is 18.2 Å². The summed E-state index contributed by atoms with van der Waals surface area (Å²) in [7, 11) is 1.68. The maximum atomic E-state index is 12.2. The van der Waals surface area contributed by atoms with Gasteiger partial charge in [-0.3, -0.25) is 4.79 Å². The molecule has 0 aliphatic rings. The molecule has 6 nitrogen and oxygen atoms in total. The fraction of sp³-hybridized carbons (Fsp3) is 0.316. The molecule has 2 rings (SSSR count). The number of hydrogen-bond donors (Lipinski definition) is 1. The van der Waals surface area contributed by atoms with Crippen LogP contribution in [-0.4, -0.2) is 42.0 Å². The predicted octanol–water partition coefficient (Wildman–Crippen LogP) is 3.12. The molecular formula is C19H23N3O3S. The molecule has 26 heavy (non-hydrogen) atoms. The van der Waals surface area contributed by atoms with Crippen LogP contribution in [0.4, 0.5) is 5.13 Å². The first kappa shape index (κ1) is 19.7. The summed E-state index contributed by atoms with van der Waals surface area (Å²) >= 11 is 1.30. The molecule has 138 valence electrons. The molecule has 0 unspecified atom stereocenters. The summed E-state index contributed by atoms with van der Waals surface area (Å²) in [5.74, 6) is -0.875. The lowest BCUT2D eigenvalue weighted by molar-refractivity contribution is -0.133. The first-order valence-electron chi connectivity index (χ1n) is 8.32. The van der Waals surface area contributed by atoms with Gasteiger partial charge < -0.3 is 15.0 Å². The van der Waals surface area contributed by atoms with E-state index < -0.39 is 5.97 Å². The highest BCUT2D eigenvalue weighted by atomic mass is 32.1. The smallest absolute Gasteiger partial charge is 0.358 e. The Morgan fingerprint density at radius 3 is 2.65 bits per heavy atom. The third kappa shape index (κ3) is 5.70. The van der Waals surface area contributed by atoms with Gasteiger partial charge in [0.25, 0.3) is 5.91 Å². The van der Waals surface area contributed by atoms with Gasteiger partial charge in [-0.2, -0.15) is 0 Å². The number of hydrogen-bond acceptors (Lipinski definition) is 6. The molecule has 1 amide bonds. The molecule has 1 N–H and O–H groups in total. The molecule has 7 heteroatoms. The van der Waals surface area contributed by atoms with Gasteiger partial charge in [0.1, 0.15) is 0 Å². The molecule has 0 spiro atoms. The van der Waals surface area contributed by atoms with Gasteiger partial charge in [-0.05, 0) is 17.5 Å². The fourth-order valence-electron chi connectivity index (χ4n) is 2.16. The van der Waals surface area contributed by atoms with Crippen molar-refractivity contribution in [3.8, 4) is 0 Å². The van der Waals surface area contributed by atoms with Crippen LogP contribution >= 0.6 is 11.3 Å². The number of aryl methyl sites for hydroxylation is 1. The molecule has 0 atom stereocenters. The zero-order valence-corrected chi connectivity index (χ0v) is 15.8. The summed E-state index contributed by atoms with van der Waals surface area (Å²) < 4.78 is 5.07. The average molecular weight is 373 g/mol. The topological polar surface area (TPSA) is 71.5 Å². The average Bonchev–Trinajstić information content (AvgIpc) is 3.13. The lowest BCUT2D eigenvalue weighted by atomic mass is 10.1. The van der Waals surface area contributed by atoms with Crippen molar-refractivity contribution in [1.29, 1.82) is 0 Å². The third-order valence-corrected chi connectivity index (χ3v) is 4.51. The van der Waals surface area contributed by atoms with Crippen molar-refractivity contribution in [2.24, 2.45) is 0 Å². The largest absolute Gasteiger partial charge is 0.451 e. The first-order valence-corrected chi connectivity index (χ1v) is 9.20. The van der Waals surface area contributed by atoms with Gasteiger partial charge in [0, 0.05) is 25.5 Å². The molecule has 0 aliphatic carbocycles. The number of likely N-dealkylation sites (N-methyl/N-ethyl adjacent to an activating group) is 1. The number of nitrogens with one attached hydrogen (secondary N) is 1. The number of benzene rings is 1. The molecule has 0 fully saturated rings. The summed E-state index contributed by atoms with van der Waals surface area (Å²) in [5, 5.41) is 5.20. The van der Waals surface area contributed by atoms with E-state index in [4.69, 9.17) is 4.74 Å². The van der Waals surface area contributed by atoms with Gasteiger partial charge in [-0.1, -0.05) is 37.3 Å². The Morgan fingerprint density at radius 1 is 1.31 bits per heavy atom. The van der Waals surface area contributed by atoms with Gasteiger partial charge in [-0.25, -0.2) is 9.78 Å². The number of aromatic nitrogens is 1. The molecule has 0 radical (unpaired) electrons. The van der Waals surface area contributed by atoms with E-state index >= 15 is 0 Å². The summed E-state index contributed by atoms with van der Waals surface area (Å²) in [6, 6.07) is 8.10. The van der Waals surface area contributed by atoms with E-state index in [0.717, 1.165) is 12.0 Å². The standard InChI is InChI=1S/C19H23N3O3S/c1-4-10-20-19-21-16(13-26-19)18(24)25-12-17(23)22(3)11-15-8-6-14(5-2)7-9-15/h4,6-9,13H,1,5,10-12H2,2-3H3,(H,20,21). The van der Waals surface area contributed by atoms with Gasteiger partial charge in [0.2, 0.25) is 0 Å². The first-order chi connectivity index (χ1) is 12.5. The number of carbonyl (C=O) groups is 2. The van der Waals surface area contributed by atoms with Crippen LogP contribution in [0.15, 0.2) is 42.3 Å². The van der Waals surface area contributed by atoms with Crippen molar-refractivity contribution in [3.05, 3.63) is 59.1 Å². The minimum absolute atomic E-state index is 0.187. The number of amides is 1. The lowest BCUT2D eigenvalue weighted by Gasteiger charge is -2.17. The van der Waals surface area contributed by atoms with E-state index in [-0.39, 0.29) is 18.2 Å². The van der Waals surface area contributed by atoms with Gasteiger partial charge in [-0.15, -0.1) is 17.9 Å². The van der Waals surface area contributed by atoms with E-state index in [1.165, 1.54) is 21.8 Å². The van der Waals surface area contributed by atoms with Crippen molar-refractivity contribution >= 4 is 28.3 Å². The van der Waals surface area contributed by atoms with Crippen LogP contribution in [0.5, 0.6) is 0 Å². The fourth-order valence-corrected chi connectivity index (χ4v) is 2.85. The third-order valence-electron chi connectivity index (χ3n) is 3.71. The van der Waals surface area contributed by atoms with Gasteiger partial charge >= 0.3 is 5.97 Å². The molecular weight excluding hydrogens is 350 g/mol. The molecule has 1 heterocycles. The van der Waals surface area contributed by atoms with Crippen LogP contribution in [0, 0.1) is 0 Å². The summed E-state index contributed by atoms with van der Waals surface area (Å²) in [5.41, 5.74) is 2.47. The highest BCUT2D eigenvalue weighted by molar-refractivity contribution is 7.13. The summed E-state index contributed by atoms with van der Waals surface area (Å²) in [4.78, 5) is 29.8. The normalized spacial score (nSPS) is 10.2. The van der Waals surface area contributed by atoms with Crippen LogP contribution in [0.1, 0.15) is 28.5 Å². The minimum Gasteiger partial charge on any atom is -0.451 e. The van der Waals surface area contributed by atoms with E-state index in [1.54, 1.807) is 18.5 Å². The van der Waals surface area contributed by atoms with E-state index in [2.05, 4.69) is 23.8 Å². The van der Waals surface area contributed by atoms with Crippen molar-refractivity contribution in [3.63, 3.8) is 0 Å². The molecule has 1 aromatic heterocycles. The number of thiazole rings is 1. The molecule has 2 aromatic rings. The minimum atomic E-state index is -0.609. The molecule has 0 aliphatic heterocycles. The van der Waals surface area contributed by atoms with E-state index in [1.807, 2.05) is 24.3 Å². The van der Waals surface area contributed by atoms with Crippen LogP contribution in [-0.2, 0) is 22.5 Å². The van der Waals surface area contributed by atoms with E-state index in [9.17, 15) is 9.59 Å². The van der Waals surface area contributed by atoms with Gasteiger partial charge in [0.05, 0.1) is 0 Å². The Bertz CT molecular complexity index is 756. The molecule has 0 saturated heterocycles. The van der Waals surface area contributed by atoms with Crippen molar-refractivity contribution in [2.75, 3.05) is 25.5 Å². The Labute approximate surface area is 157 Å². The lowest BCUT2D eigenvalue weighted by Crippen LogP contribution is -2.30. The molecule has 0 bridgehead atoms.